The summed E-state index contributed by atoms with van der Waals surface area (Å²) in [6, 6.07) is 0. The van der Waals surface area contributed by atoms with Crippen LogP contribution in [0, 0.1) is 5.92 Å². The smallest absolute Gasteiger partial charge is 0.0331 e. The van der Waals surface area contributed by atoms with Crippen LogP contribution in [-0.2, 0) is 0 Å². The molecule has 1 saturated heterocycles. The van der Waals surface area contributed by atoms with Crippen LogP contribution in [0.4, 0.5) is 0 Å². The quantitative estimate of drug-likeness (QED) is 0.775. The van der Waals surface area contributed by atoms with E-state index < -0.39 is 0 Å². The van der Waals surface area contributed by atoms with E-state index in [1.165, 1.54) is 58.0 Å². The molecule has 1 unspecified atom stereocenters. The van der Waals surface area contributed by atoms with Gasteiger partial charge in [-0.15, -0.1) is 0 Å². The fraction of sp³-hybridized carbons (Fsp3) is 1.00. The minimum absolute atomic E-state index is 0.391. The highest BCUT2D eigenvalue weighted by atomic mass is 15.2. The number of likely N-dealkylation sites (tertiary alicyclic amines) is 1. The molecule has 0 bridgehead atoms. The van der Waals surface area contributed by atoms with Gasteiger partial charge in [0.25, 0.3) is 0 Å². The summed E-state index contributed by atoms with van der Waals surface area (Å²) < 4.78 is 0. The Kier molecular flexibility index (Phi) is 3.68. The Labute approximate surface area is 94.2 Å². The molecule has 0 spiro atoms. The van der Waals surface area contributed by atoms with Gasteiger partial charge in [-0.25, -0.2) is 0 Å². The van der Waals surface area contributed by atoms with E-state index in [-0.39, 0.29) is 0 Å². The van der Waals surface area contributed by atoms with E-state index in [1.54, 1.807) is 0 Å². The lowest BCUT2D eigenvalue weighted by Gasteiger charge is -2.44. The maximum atomic E-state index is 6.06. The van der Waals surface area contributed by atoms with Crippen molar-refractivity contribution in [3.05, 3.63) is 0 Å². The Hall–Kier alpha value is -0.0800. The lowest BCUT2D eigenvalue weighted by atomic mass is 9.80. The van der Waals surface area contributed by atoms with Gasteiger partial charge in [-0.3, -0.25) is 4.90 Å². The number of hydrogen-bond donors (Lipinski definition) is 1. The summed E-state index contributed by atoms with van der Waals surface area (Å²) >= 11 is 0. The lowest BCUT2D eigenvalue weighted by Crippen LogP contribution is -2.54. The van der Waals surface area contributed by atoms with E-state index >= 15 is 0 Å². The first-order valence-corrected chi connectivity index (χ1v) is 6.76. The van der Waals surface area contributed by atoms with Crippen molar-refractivity contribution in [1.29, 1.82) is 0 Å². The van der Waals surface area contributed by atoms with Gasteiger partial charge >= 0.3 is 0 Å². The van der Waals surface area contributed by atoms with Crippen LogP contribution in [-0.4, -0.2) is 30.1 Å². The fourth-order valence-corrected chi connectivity index (χ4v) is 3.46. The third-order valence-corrected chi connectivity index (χ3v) is 4.70. The zero-order valence-corrected chi connectivity index (χ0v) is 10.2. The van der Waals surface area contributed by atoms with Gasteiger partial charge in [0.1, 0.15) is 0 Å². The molecule has 2 fully saturated rings. The van der Waals surface area contributed by atoms with Crippen LogP contribution in [0.1, 0.15) is 51.9 Å². The molecular weight excluding hydrogens is 184 g/mol. The molecule has 1 aliphatic carbocycles. The summed E-state index contributed by atoms with van der Waals surface area (Å²) in [5.74, 6) is 0.940. The third-order valence-electron chi connectivity index (χ3n) is 4.70. The Morgan fingerprint density at radius 1 is 1.27 bits per heavy atom. The van der Waals surface area contributed by atoms with Crippen LogP contribution < -0.4 is 5.73 Å². The molecule has 88 valence electrons. The molecule has 0 aromatic heterocycles. The first-order chi connectivity index (χ1) is 7.30. The van der Waals surface area contributed by atoms with Gasteiger partial charge in [-0.1, -0.05) is 32.6 Å². The van der Waals surface area contributed by atoms with E-state index in [9.17, 15) is 0 Å². The number of nitrogens with zero attached hydrogens (tertiary/aromatic N) is 1. The predicted molar refractivity (Wildman–Crippen MR) is 64.8 cm³/mol. The van der Waals surface area contributed by atoms with Gasteiger partial charge < -0.3 is 5.73 Å². The van der Waals surface area contributed by atoms with Crippen molar-refractivity contribution in [2.24, 2.45) is 11.7 Å². The molecule has 2 heteroatoms. The predicted octanol–water partition coefficient (Wildman–Crippen LogP) is 2.38. The molecule has 0 radical (unpaired) electrons. The summed E-state index contributed by atoms with van der Waals surface area (Å²) in [4.78, 5) is 2.72. The molecule has 0 aromatic rings. The maximum absolute atomic E-state index is 6.06. The molecule has 1 aliphatic heterocycles. The Morgan fingerprint density at radius 3 is 2.53 bits per heavy atom. The monoisotopic (exact) mass is 210 g/mol. The van der Waals surface area contributed by atoms with Gasteiger partial charge in [0.2, 0.25) is 0 Å². The summed E-state index contributed by atoms with van der Waals surface area (Å²) in [6.45, 7) is 5.82. The summed E-state index contributed by atoms with van der Waals surface area (Å²) in [5, 5.41) is 0. The van der Waals surface area contributed by atoms with Gasteiger partial charge in [0.15, 0.2) is 0 Å². The van der Waals surface area contributed by atoms with E-state index in [0.29, 0.717) is 5.54 Å². The van der Waals surface area contributed by atoms with Gasteiger partial charge in [0, 0.05) is 18.6 Å². The van der Waals surface area contributed by atoms with Crippen LogP contribution >= 0.6 is 0 Å². The molecule has 2 N–H and O–H groups in total. The highest BCUT2D eigenvalue weighted by Crippen LogP contribution is 2.36. The topological polar surface area (TPSA) is 29.3 Å². The van der Waals surface area contributed by atoms with Crippen molar-refractivity contribution in [3.8, 4) is 0 Å². The van der Waals surface area contributed by atoms with Crippen molar-refractivity contribution in [2.45, 2.75) is 57.4 Å². The molecule has 1 atom stereocenters. The highest BCUT2D eigenvalue weighted by molar-refractivity contribution is 4.97. The minimum Gasteiger partial charge on any atom is -0.329 e. The number of nitrogens with two attached hydrogens (primary N) is 1. The second kappa shape index (κ2) is 4.84. The fourth-order valence-electron chi connectivity index (χ4n) is 3.46. The maximum Gasteiger partial charge on any atom is 0.0331 e. The molecule has 1 saturated carbocycles. The summed E-state index contributed by atoms with van der Waals surface area (Å²) in [6.07, 6.45) is 9.65. The van der Waals surface area contributed by atoms with Crippen LogP contribution in [0.3, 0.4) is 0 Å². The van der Waals surface area contributed by atoms with Crippen molar-refractivity contribution in [3.63, 3.8) is 0 Å². The van der Waals surface area contributed by atoms with Crippen molar-refractivity contribution in [1.82, 2.24) is 4.90 Å². The minimum atomic E-state index is 0.391. The van der Waals surface area contributed by atoms with E-state index in [1.807, 2.05) is 0 Å². The van der Waals surface area contributed by atoms with Crippen LogP contribution in [0.5, 0.6) is 0 Å². The normalized spacial score (nSPS) is 32.0. The third kappa shape index (κ3) is 2.21. The van der Waals surface area contributed by atoms with Crippen LogP contribution in [0.2, 0.25) is 0 Å². The number of hydrogen-bond acceptors (Lipinski definition) is 2. The average Bonchev–Trinajstić information content (AvgIpc) is 2.79. The molecule has 1 heterocycles. The van der Waals surface area contributed by atoms with E-state index in [2.05, 4.69) is 11.8 Å². The lowest BCUT2D eigenvalue weighted by molar-refractivity contribution is 0.0768. The average molecular weight is 210 g/mol. The standard InChI is InChI=1S/C13H26N2/c1-2-12-6-9-15(10-12)13(11-14)7-4-3-5-8-13/h12H,2-11,14H2,1H3. The molecule has 2 nitrogen and oxygen atoms in total. The van der Waals surface area contributed by atoms with Crippen LogP contribution in [0.25, 0.3) is 0 Å². The summed E-state index contributed by atoms with van der Waals surface area (Å²) in [5.41, 5.74) is 6.45. The number of rotatable bonds is 3. The summed E-state index contributed by atoms with van der Waals surface area (Å²) in [7, 11) is 0. The Bertz CT molecular complexity index is 197. The van der Waals surface area contributed by atoms with Crippen molar-refractivity contribution in [2.75, 3.05) is 19.6 Å². The molecular formula is C13H26N2. The van der Waals surface area contributed by atoms with Crippen LogP contribution in [0.15, 0.2) is 0 Å². The first kappa shape index (κ1) is 11.4. The molecule has 15 heavy (non-hydrogen) atoms. The van der Waals surface area contributed by atoms with E-state index in [0.717, 1.165) is 12.5 Å². The Morgan fingerprint density at radius 2 is 2.00 bits per heavy atom. The molecule has 0 aromatic carbocycles. The van der Waals surface area contributed by atoms with Gasteiger partial charge in [0.05, 0.1) is 0 Å². The first-order valence-electron chi connectivity index (χ1n) is 6.76. The zero-order chi connectivity index (χ0) is 10.7. The zero-order valence-electron chi connectivity index (χ0n) is 10.2. The SMILES string of the molecule is CCC1CCN(C2(CN)CCCCC2)C1. The second-order valence-corrected chi connectivity index (χ2v) is 5.50. The molecule has 2 aliphatic rings. The highest BCUT2D eigenvalue weighted by Gasteiger charge is 2.39. The van der Waals surface area contributed by atoms with Crippen molar-refractivity contribution >= 4 is 0 Å². The Balaban J connectivity index is 1.99. The second-order valence-electron chi connectivity index (χ2n) is 5.50. The van der Waals surface area contributed by atoms with Crippen molar-refractivity contribution < 1.29 is 0 Å². The molecule has 0 amide bonds. The van der Waals surface area contributed by atoms with Gasteiger partial charge in [-0.05, 0) is 31.7 Å². The molecule has 2 rings (SSSR count). The van der Waals surface area contributed by atoms with E-state index in [4.69, 9.17) is 5.73 Å². The van der Waals surface area contributed by atoms with Gasteiger partial charge in [-0.2, -0.15) is 0 Å². The largest absolute Gasteiger partial charge is 0.329 e.